The summed E-state index contributed by atoms with van der Waals surface area (Å²) < 4.78 is 0. The Morgan fingerprint density at radius 1 is 0.810 bits per heavy atom. The van der Waals surface area contributed by atoms with E-state index in [1.54, 1.807) is 0 Å². The highest BCUT2D eigenvalue weighted by atomic mass is 15.2. The largest absolute Gasteiger partial charge is 0.303 e. The summed E-state index contributed by atoms with van der Waals surface area (Å²) in [5.74, 6) is 2.85. The van der Waals surface area contributed by atoms with Crippen LogP contribution in [0.3, 0.4) is 0 Å². The minimum atomic E-state index is 0.902. The summed E-state index contributed by atoms with van der Waals surface area (Å²) in [6, 6.07) is 0.902. The van der Waals surface area contributed by atoms with E-state index < -0.39 is 0 Å². The Morgan fingerprint density at radius 2 is 1.57 bits per heavy atom. The molecule has 4 rings (SSSR count). The lowest BCUT2D eigenvalue weighted by Gasteiger charge is -2.39. The van der Waals surface area contributed by atoms with E-state index in [1.807, 2.05) is 0 Å². The summed E-state index contributed by atoms with van der Waals surface area (Å²) >= 11 is 0. The number of fused-ring (bicyclic) bond motifs is 2. The van der Waals surface area contributed by atoms with E-state index >= 15 is 0 Å². The number of hydrogen-bond acceptors (Lipinski definition) is 2. The molecule has 21 heavy (non-hydrogen) atoms. The van der Waals surface area contributed by atoms with Crippen molar-refractivity contribution in [2.75, 3.05) is 32.7 Å². The molecule has 1 saturated carbocycles. The fourth-order valence-corrected chi connectivity index (χ4v) is 5.36. The third-order valence-corrected chi connectivity index (χ3v) is 6.62. The van der Waals surface area contributed by atoms with Gasteiger partial charge in [0.2, 0.25) is 0 Å². The molecule has 0 aromatic heterocycles. The molecule has 2 aliphatic carbocycles. The molecule has 2 bridgehead atoms. The molecule has 118 valence electrons. The Hall–Kier alpha value is -0.340. The van der Waals surface area contributed by atoms with Crippen molar-refractivity contribution >= 4 is 0 Å². The van der Waals surface area contributed by atoms with Gasteiger partial charge in [0, 0.05) is 12.6 Å². The Morgan fingerprint density at radius 3 is 2.19 bits per heavy atom. The predicted octanol–water partition coefficient (Wildman–Crippen LogP) is 3.54. The highest BCUT2D eigenvalue weighted by Gasteiger charge is 2.37. The van der Waals surface area contributed by atoms with Crippen molar-refractivity contribution in [1.29, 1.82) is 0 Å². The van der Waals surface area contributed by atoms with Gasteiger partial charge in [0.1, 0.15) is 0 Å². The number of hydrogen-bond donors (Lipinski definition) is 0. The van der Waals surface area contributed by atoms with E-state index in [2.05, 4.69) is 22.0 Å². The third-order valence-electron chi connectivity index (χ3n) is 6.62. The average molecular weight is 288 g/mol. The van der Waals surface area contributed by atoms with Crippen LogP contribution in [0.4, 0.5) is 0 Å². The number of piperidine rings is 1. The number of nitrogens with zero attached hydrogens (tertiary/aromatic N) is 2. The average Bonchev–Trinajstić information content (AvgIpc) is 3.02. The molecule has 0 unspecified atom stereocenters. The topological polar surface area (TPSA) is 6.48 Å². The van der Waals surface area contributed by atoms with Crippen molar-refractivity contribution in [1.82, 2.24) is 9.80 Å². The second-order valence-corrected chi connectivity index (χ2v) is 8.02. The van der Waals surface area contributed by atoms with Crippen molar-refractivity contribution < 1.29 is 0 Å². The van der Waals surface area contributed by atoms with Crippen LogP contribution in [-0.4, -0.2) is 48.6 Å². The minimum Gasteiger partial charge on any atom is -0.303 e. The van der Waals surface area contributed by atoms with Crippen LogP contribution in [0.15, 0.2) is 12.2 Å². The zero-order valence-electron chi connectivity index (χ0n) is 13.6. The van der Waals surface area contributed by atoms with Crippen LogP contribution < -0.4 is 0 Å². The molecular formula is C19H32N2. The molecule has 2 saturated heterocycles. The van der Waals surface area contributed by atoms with E-state index in [9.17, 15) is 0 Å². The molecule has 2 heterocycles. The number of allylic oxidation sites excluding steroid dienone is 2. The first-order valence-corrected chi connectivity index (χ1v) is 9.53. The molecule has 2 heteroatoms. The second kappa shape index (κ2) is 6.42. The van der Waals surface area contributed by atoms with Crippen LogP contribution in [0.5, 0.6) is 0 Å². The molecule has 0 aromatic rings. The van der Waals surface area contributed by atoms with Crippen molar-refractivity contribution in [3.8, 4) is 0 Å². The lowest BCUT2D eigenvalue weighted by molar-refractivity contribution is 0.0980. The first kappa shape index (κ1) is 14.3. The highest BCUT2D eigenvalue weighted by Crippen LogP contribution is 2.43. The van der Waals surface area contributed by atoms with Gasteiger partial charge in [-0.15, -0.1) is 0 Å². The SMILES string of the molecule is C1=C[C@H]2C[C@@H]1C[C@@H]2CN1CCC(N2CCCCCC2)CC1. The van der Waals surface area contributed by atoms with Gasteiger partial charge >= 0.3 is 0 Å². The molecule has 0 radical (unpaired) electrons. The molecule has 0 aromatic carbocycles. The molecule has 0 N–H and O–H groups in total. The van der Waals surface area contributed by atoms with Gasteiger partial charge in [0.15, 0.2) is 0 Å². The summed E-state index contributed by atoms with van der Waals surface area (Å²) in [5.41, 5.74) is 0. The first-order chi connectivity index (χ1) is 10.4. The van der Waals surface area contributed by atoms with Crippen molar-refractivity contribution in [3.63, 3.8) is 0 Å². The normalized spacial score (nSPS) is 39.0. The van der Waals surface area contributed by atoms with Gasteiger partial charge in [0.05, 0.1) is 0 Å². The van der Waals surface area contributed by atoms with Gasteiger partial charge in [-0.1, -0.05) is 25.0 Å². The van der Waals surface area contributed by atoms with Gasteiger partial charge in [-0.3, -0.25) is 0 Å². The molecule has 0 spiro atoms. The monoisotopic (exact) mass is 288 g/mol. The van der Waals surface area contributed by atoms with Crippen LogP contribution in [0.25, 0.3) is 0 Å². The maximum Gasteiger partial charge on any atom is 0.0120 e. The lowest BCUT2D eigenvalue weighted by Crippen LogP contribution is -2.46. The fourth-order valence-electron chi connectivity index (χ4n) is 5.36. The smallest absolute Gasteiger partial charge is 0.0120 e. The van der Waals surface area contributed by atoms with Gasteiger partial charge in [-0.2, -0.15) is 0 Å². The van der Waals surface area contributed by atoms with Gasteiger partial charge in [-0.05, 0) is 82.5 Å². The van der Waals surface area contributed by atoms with Gasteiger partial charge < -0.3 is 9.80 Å². The Balaban J connectivity index is 1.24. The van der Waals surface area contributed by atoms with E-state index in [0.717, 1.165) is 23.8 Å². The quantitative estimate of drug-likeness (QED) is 0.733. The number of rotatable bonds is 3. The zero-order valence-corrected chi connectivity index (χ0v) is 13.6. The van der Waals surface area contributed by atoms with Gasteiger partial charge in [0.25, 0.3) is 0 Å². The summed E-state index contributed by atoms with van der Waals surface area (Å²) in [7, 11) is 0. The third kappa shape index (κ3) is 3.22. The first-order valence-electron chi connectivity index (χ1n) is 9.53. The zero-order chi connectivity index (χ0) is 14.1. The number of likely N-dealkylation sites (tertiary alicyclic amines) is 2. The van der Waals surface area contributed by atoms with Crippen molar-refractivity contribution in [2.24, 2.45) is 17.8 Å². The summed E-state index contributed by atoms with van der Waals surface area (Å²) in [6.07, 6.45) is 16.6. The lowest BCUT2D eigenvalue weighted by atomic mass is 9.92. The standard InChI is InChI=1S/C19H32N2/c1-2-4-10-21(9-3-1)19-7-11-20(12-8-19)15-18-14-16-5-6-17(18)13-16/h5-6,16-19H,1-4,7-15H2/t16-,17+,18-/m1/s1. The van der Waals surface area contributed by atoms with Crippen LogP contribution >= 0.6 is 0 Å². The summed E-state index contributed by atoms with van der Waals surface area (Å²) in [6.45, 7) is 6.86. The van der Waals surface area contributed by atoms with E-state index in [-0.39, 0.29) is 0 Å². The van der Waals surface area contributed by atoms with Gasteiger partial charge in [-0.25, -0.2) is 0 Å². The molecule has 2 aliphatic heterocycles. The molecule has 3 atom stereocenters. The maximum absolute atomic E-state index is 2.82. The minimum absolute atomic E-state index is 0.902. The second-order valence-electron chi connectivity index (χ2n) is 8.02. The Labute approximate surface area is 130 Å². The molecule has 0 amide bonds. The Kier molecular flexibility index (Phi) is 4.36. The molecule has 2 nitrogen and oxygen atoms in total. The summed E-state index contributed by atoms with van der Waals surface area (Å²) in [4.78, 5) is 5.61. The van der Waals surface area contributed by atoms with E-state index in [4.69, 9.17) is 0 Å². The summed E-state index contributed by atoms with van der Waals surface area (Å²) in [5, 5.41) is 0. The van der Waals surface area contributed by atoms with Crippen LogP contribution in [0.1, 0.15) is 51.4 Å². The highest BCUT2D eigenvalue weighted by molar-refractivity contribution is 5.10. The van der Waals surface area contributed by atoms with Crippen LogP contribution in [0.2, 0.25) is 0 Å². The maximum atomic E-state index is 2.82. The van der Waals surface area contributed by atoms with Crippen molar-refractivity contribution in [2.45, 2.75) is 57.4 Å². The van der Waals surface area contributed by atoms with Crippen molar-refractivity contribution in [3.05, 3.63) is 12.2 Å². The molecule has 3 fully saturated rings. The van der Waals surface area contributed by atoms with E-state index in [0.29, 0.717) is 0 Å². The predicted molar refractivity (Wildman–Crippen MR) is 88.3 cm³/mol. The van der Waals surface area contributed by atoms with Crippen LogP contribution in [0, 0.1) is 17.8 Å². The Bertz CT molecular complexity index is 362. The molecule has 4 aliphatic rings. The van der Waals surface area contributed by atoms with E-state index in [1.165, 1.54) is 84.1 Å². The molecular weight excluding hydrogens is 256 g/mol. The van der Waals surface area contributed by atoms with Crippen LogP contribution in [-0.2, 0) is 0 Å². The fraction of sp³-hybridized carbons (Fsp3) is 0.895.